The molecule has 0 aliphatic carbocycles. The molecule has 0 amide bonds. The summed E-state index contributed by atoms with van der Waals surface area (Å²) in [7, 11) is 0. The number of hydrogen-bond acceptors (Lipinski definition) is 5. The van der Waals surface area contributed by atoms with Crippen LogP contribution in [0.4, 0.5) is 0 Å². The fraction of sp³-hybridized carbons (Fsp3) is 0.194. The molecule has 6 heteroatoms. The van der Waals surface area contributed by atoms with E-state index in [9.17, 15) is 5.11 Å². The van der Waals surface area contributed by atoms with Gasteiger partial charge in [0.25, 0.3) is 0 Å². The van der Waals surface area contributed by atoms with Crippen molar-refractivity contribution in [3.63, 3.8) is 0 Å². The maximum atomic E-state index is 11.0. The molecule has 0 aliphatic heterocycles. The van der Waals surface area contributed by atoms with Crippen molar-refractivity contribution in [2.75, 3.05) is 6.54 Å². The van der Waals surface area contributed by atoms with E-state index in [2.05, 4.69) is 4.90 Å². The minimum absolute atomic E-state index is 0.469. The highest BCUT2D eigenvalue weighted by molar-refractivity contribution is 5.43. The van der Waals surface area contributed by atoms with Crippen LogP contribution in [-0.4, -0.2) is 32.4 Å². The number of rotatable bonds is 11. The van der Waals surface area contributed by atoms with Crippen molar-refractivity contribution in [3.05, 3.63) is 132 Å². The van der Waals surface area contributed by atoms with Gasteiger partial charge in [0.05, 0.1) is 35.9 Å². The number of para-hydroxylation sites is 2. The zero-order chi connectivity index (χ0) is 25.5. The smallest absolute Gasteiger partial charge is 0.227 e. The Hall–Kier alpha value is -4.13. The summed E-state index contributed by atoms with van der Waals surface area (Å²) >= 11 is 0. The average molecular weight is 494 g/mol. The van der Waals surface area contributed by atoms with Crippen molar-refractivity contribution in [3.8, 4) is 17.3 Å². The predicted octanol–water partition coefficient (Wildman–Crippen LogP) is 6.17. The van der Waals surface area contributed by atoms with E-state index in [1.54, 1.807) is 6.26 Å². The molecule has 0 saturated carbocycles. The molecule has 0 fully saturated rings. The fourth-order valence-electron chi connectivity index (χ4n) is 4.45. The lowest BCUT2D eigenvalue weighted by Crippen LogP contribution is -2.33. The van der Waals surface area contributed by atoms with E-state index in [0.717, 1.165) is 34.0 Å². The van der Waals surface area contributed by atoms with Crippen LogP contribution in [0.5, 0.6) is 11.6 Å². The summed E-state index contributed by atoms with van der Waals surface area (Å²) in [4.78, 5) is 2.18. The van der Waals surface area contributed by atoms with Crippen molar-refractivity contribution in [1.82, 2.24) is 14.7 Å². The Labute approximate surface area is 217 Å². The van der Waals surface area contributed by atoms with Gasteiger partial charge in [-0.3, -0.25) is 4.90 Å². The van der Waals surface area contributed by atoms with Gasteiger partial charge < -0.3 is 14.3 Å². The predicted molar refractivity (Wildman–Crippen MR) is 144 cm³/mol. The average Bonchev–Trinajstić information content (AvgIpc) is 3.54. The number of nitrogens with zero attached hydrogens (tertiary/aromatic N) is 3. The normalized spacial score (nSPS) is 12.1. The van der Waals surface area contributed by atoms with Gasteiger partial charge in [-0.25, -0.2) is 4.68 Å². The van der Waals surface area contributed by atoms with Crippen LogP contribution in [0.1, 0.15) is 22.6 Å². The number of hydrogen-bond donors (Lipinski definition) is 1. The Balaban J connectivity index is 1.46. The molecule has 1 unspecified atom stereocenters. The van der Waals surface area contributed by atoms with E-state index in [1.165, 1.54) is 0 Å². The summed E-state index contributed by atoms with van der Waals surface area (Å²) in [5.41, 5.74) is 3.86. The summed E-state index contributed by atoms with van der Waals surface area (Å²) in [5.74, 6) is 2.24. The monoisotopic (exact) mass is 493 g/mol. The fourth-order valence-corrected chi connectivity index (χ4v) is 4.45. The molecule has 0 saturated heterocycles. The van der Waals surface area contributed by atoms with E-state index < -0.39 is 6.10 Å². The first kappa shape index (κ1) is 24.6. The maximum absolute atomic E-state index is 11.0. The van der Waals surface area contributed by atoms with Gasteiger partial charge >= 0.3 is 0 Å². The first-order valence-electron chi connectivity index (χ1n) is 12.5. The third-order valence-corrected chi connectivity index (χ3v) is 6.22. The maximum Gasteiger partial charge on any atom is 0.227 e. The van der Waals surface area contributed by atoms with Gasteiger partial charge in [-0.15, -0.1) is 0 Å². The van der Waals surface area contributed by atoms with Crippen LogP contribution in [-0.2, 0) is 19.5 Å². The molecule has 5 rings (SSSR count). The molecule has 5 aromatic rings. The quantitative estimate of drug-likeness (QED) is 0.238. The van der Waals surface area contributed by atoms with Crippen LogP contribution >= 0.6 is 0 Å². The Morgan fingerprint density at radius 2 is 1.54 bits per heavy atom. The van der Waals surface area contributed by atoms with Gasteiger partial charge in [0, 0.05) is 13.1 Å². The minimum Gasteiger partial charge on any atom is -0.468 e. The highest BCUT2D eigenvalue weighted by Gasteiger charge is 2.23. The van der Waals surface area contributed by atoms with Crippen molar-refractivity contribution < 1.29 is 14.3 Å². The summed E-state index contributed by atoms with van der Waals surface area (Å²) in [5, 5.41) is 15.9. The van der Waals surface area contributed by atoms with Crippen LogP contribution in [0.15, 0.2) is 114 Å². The Kier molecular flexibility index (Phi) is 7.79. The summed E-state index contributed by atoms with van der Waals surface area (Å²) in [6, 6.07) is 33.6. The minimum atomic E-state index is -0.541. The first-order valence-corrected chi connectivity index (χ1v) is 12.5. The van der Waals surface area contributed by atoms with Gasteiger partial charge in [0.2, 0.25) is 5.88 Å². The molecule has 0 aliphatic rings. The van der Waals surface area contributed by atoms with Crippen molar-refractivity contribution in [2.45, 2.75) is 32.5 Å². The van der Waals surface area contributed by atoms with E-state index in [1.807, 2.05) is 115 Å². The van der Waals surface area contributed by atoms with Crippen LogP contribution in [0.25, 0.3) is 5.69 Å². The number of aromatic nitrogens is 2. The summed E-state index contributed by atoms with van der Waals surface area (Å²) in [6.07, 6.45) is 1.71. The van der Waals surface area contributed by atoms with Gasteiger partial charge in [-0.2, -0.15) is 5.10 Å². The van der Waals surface area contributed by atoms with Crippen LogP contribution < -0.4 is 4.74 Å². The van der Waals surface area contributed by atoms with Crippen molar-refractivity contribution in [2.24, 2.45) is 0 Å². The van der Waals surface area contributed by atoms with Crippen LogP contribution in [0, 0.1) is 6.92 Å². The molecule has 1 N–H and O–H groups in total. The molecule has 188 valence electrons. The molecule has 0 bridgehead atoms. The zero-order valence-electron chi connectivity index (χ0n) is 20.9. The zero-order valence-corrected chi connectivity index (χ0v) is 20.9. The lowest BCUT2D eigenvalue weighted by atomic mass is 10.1. The van der Waals surface area contributed by atoms with E-state index in [4.69, 9.17) is 14.3 Å². The Morgan fingerprint density at radius 3 is 2.22 bits per heavy atom. The Morgan fingerprint density at radius 1 is 0.865 bits per heavy atom. The second-order valence-electron chi connectivity index (χ2n) is 9.12. The van der Waals surface area contributed by atoms with Crippen molar-refractivity contribution >= 4 is 0 Å². The van der Waals surface area contributed by atoms with Crippen LogP contribution in [0.2, 0.25) is 0 Å². The standard InChI is InChI=1S/C31H31N3O3/c1-24-30(31(37-28-16-9-4-10-17-28)34(32-24)26-14-7-3-8-15-26)23-33(22-29-18-11-19-36-29)21-27(35)20-25-12-5-2-6-13-25/h2-19,27,35H,20-23H2,1H3. The number of benzene rings is 3. The SMILES string of the molecule is Cc1nn(-c2ccccc2)c(Oc2ccccc2)c1CN(Cc1ccco1)CC(O)Cc1ccccc1. The van der Waals surface area contributed by atoms with Gasteiger partial charge in [-0.05, 0) is 55.3 Å². The molecule has 3 aromatic carbocycles. The summed E-state index contributed by atoms with van der Waals surface area (Å²) in [6.45, 7) is 3.56. The second kappa shape index (κ2) is 11.7. The van der Waals surface area contributed by atoms with Gasteiger partial charge in [-0.1, -0.05) is 66.7 Å². The van der Waals surface area contributed by atoms with Gasteiger partial charge in [0.15, 0.2) is 0 Å². The second-order valence-corrected chi connectivity index (χ2v) is 9.12. The number of furan rings is 1. The van der Waals surface area contributed by atoms with Crippen LogP contribution in [0.3, 0.4) is 0 Å². The van der Waals surface area contributed by atoms with Gasteiger partial charge in [0.1, 0.15) is 11.5 Å². The first-order chi connectivity index (χ1) is 18.2. The number of ether oxygens (including phenoxy) is 1. The molecule has 37 heavy (non-hydrogen) atoms. The molecule has 0 radical (unpaired) electrons. The number of aliphatic hydroxyl groups excluding tert-OH is 1. The molecule has 2 aromatic heterocycles. The Bertz CT molecular complexity index is 1370. The lowest BCUT2D eigenvalue weighted by molar-refractivity contribution is 0.0997. The molecule has 6 nitrogen and oxygen atoms in total. The molecular weight excluding hydrogens is 462 g/mol. The third-order valence-electron chi connectivity index (χ3n) is 6.22. The molecule has 2 heterocycles. The third kappa shape index (κ3) is 6.36. The van der Waals surface area contributed by atoms with Crippen molar-refractivity contribution in [1.29, 1.82) is 0 Å². The van der Waals surface area contributed by atoms with E-state index in [0.29, 0.717) is 31.9 Å². The highest BCUT2D eigenvalue weighted by Crippen LogP contribution is 2.32. The molecule has 1 atom stereocenters. The molecular formula is C31H31N3O3. The number of aryl methyl sites for hydroxylation is 1. The highest BCUT2D eigenvalue weighted by atomic mass is 16.5. The number of aliphatic hydroxyl groups is 1. The lowest BCUT2D eigenvalue weighted by Gasteiger charge is -2.25. The topological polar surface area (TPSA) is 63.7 Å². The van der Waals surface area contributed by atoms with E-state index in [-0.39, 0.29) is 0 Å². The largest absolute Gasteiger partial charge is 0.468 e. The molecule has 0 spiro atoms. The van der Waals surface area contributed by atoms with E-state index >= 15 is 0 Å². The summed E-state index contributed by atoms with van der Waals surface area (Å²) < 4.78 is 13.9.